The van der Waals surface area contributed by atoms with Gasteiger partial charge in [-0.1, -0.05) is 33.8 Å². The van der Waals surface area contributed by atoms with Crippen LogP contribution in [0.4, 0.5) is 4.39 Å². The number of phenolic OH excluding ortho intramolecular Hbond substituents is 1. The quantitative estimate of drug-likeness (QED) is 0.510. The Labute approximate surface area is 199 Å². The largest absolute Gasteiger partial charge is 0.505 e. The van der Waals surface area contributed by atoms with Crippen LogP contribution in [0.1, 0.15) is 89.0 Å². The van der Waals surface area contributed by atoms with E-state index >= 15 is 0 Å². The average molecular weight is 454 g/mol. The Hall–Kier alpha value is -2.07. The molecule has 1 aliphatic carbocycles. The molecule has 3 nitrogen and oxygen atoms in total. The molecule has 2 aromatic rings. The molecule has 1 heterocycles. The number of hydrogen-bond acceptors (Lipinski definition) is 3. The van der Waals surface area contributed by atoms with Gasteiger partial charge in [-0.05, 0) is 91.2 Å². The van der Waals surface area contributed by atoms with Crippen LogP contribution in [0.15, 0.2) is 24.3 Å². The fourth-order valence-corrected chi connectivity index (χ4v) is 5.86. The van der Waals surface area contributed by atoms with Crippen molar-refractivity contribution in [2.24, 2.45) is 11.3 Å². The molecule has 4 heteroatoms. The summed E-state index contributed by atoms with van der Waals surface area (Å²) in [6, 6.07) is 7.93. The maximum absolute atomic E-state index is 14.7. The number of fused-ring (bicyclic) bond motifs is 1. The van der Waals surface area contributed by atoms with Crippen molar-refractivity contribution in [1.29, 1.82) is 0 Å². The van der Waals surface area contributed by atoms with Gasteiger partial charge in [-0.15, -0.1) is 0 Å². The van der Waals surface area contributed by atoms with E-state index in [-0.39, 0.29) is 11.7 Å². The molecule has 0 saturated heterocycles. The van der Waals surface area contributed by atoms with Crippen molar-refractivity contribution >= 4 is 0 Å². The molecular weight excluding hydrogens is 413 g/mol. The third-order valence-corrected chi connectivity index (χ3v) is 8.13. The number of methoxy groups -OCH3 is 1. The van der Waals surface area contributed by atoms with Crippen molar-refractivity contribution in [2.75, 3.05) is 20.2 Å². The van der Waals surface area contributed by atoms with E-state index in [0.29, 0.717) is 17.0 Å². The van der Waals surface area contributed by atoms with E-state index in [2.05, 4.69) is 31.7 Å². The number of halogens is 1. The zero-order chi connectivity index (χ0) is 23.9. The van der Waals surface area contributed by atoms with Gasteiger partial charge >= 0.3 is 0 Å². The first kappa shape index (κ1) is 24.1. The smallest absolute Gasteiger partial charge is 0.165 e. The summed E-state index contributed by atoms with van der Waals surface area (Å²) in [7, 11) is 1.68. The Bertz CT molecular complexity index is 1000. The second-order valence-corrected chi connectivity index (χ2v) is 11.3. The summed E-state index contributed by atoms with van der Waals surface area (Å²) in [5.41, 5.74) is 5.46. The first-order valence-corrected chi connectivity index (χ1v) is 12.6. The topological polar surface area (TPSA) is 32.7 Å². The molecule has 1 saturated carbocycles. The zero-order valence-electron chi connectivity index (χ0n) is 21.2. The molecule has 1 N–H and O–H groups in total. The first-order valence-electron chi connectivity index (χ1n) is 12.6. The van der Waals surface area contributed by atoms with Crippen LogP contribution in [0, 0.1) is 17.2 Å². The minimum absolute atomic E-state index is 0.0277. The maximum Gasteiger partial charge on any atom is 0.165 e. The third-order valence-electron chi connectivity index (χ3n) is 8.13. The number of rotatable bonds is 5. The van der Waals surface area contributed by atoms with Gasteiger partial charge < -0.3 is 9.84 Å². The van der Waals surface area contributed by atoms with Crippen molar-refractivity contribution in [3.8, 4) is 22.6 Å². The van der Waals surface area contributed by atoms with Crippen molar-refractivity contribution in [3.05, 3.63) is 46.8 Å². The SMILES string of the molecule is COc1ccc2c(c1-c1cc(F)c(O)c(C(C)C)c1)CCN(CC1CCC(C)(C)CC1)[C@@H]2C. The molecule has 0 amide bonds. The number of phenols is 1. The molecule has 0 aromatic heterocycles. The highest BCUT2D eigenvalue weighted by Gasteiger charge is 2.32. The van der Waals surface area contributed by atoms with Crippen LogP contribution < -0.4 is 4.74 Å². The van der Waals surface area contributed by atoms with Crippen molar-refractivity contribution in [3.63, 3.8) is 0 Å². The molecule has 0 radical (unpaired) electrons. The van der Waals surface area contributed by atoms with Crippen molar-refractivity contribution in [1.82, 2.24) is 4.90 Å². The van der Waals surface area contributed by atoms with Crippen LogP contribution >= 0.6 is 0 Å². The second-order valence-electron chi connectivity index (χ2n) is 11.3. The Morgan fingerprint density at radius 3 is 2.52 bits per heavy atom. The summed E-state index contributed by atoms with van der Waals surface area (Å²) in [6.45, 7) is 13.2. The normalized spacial score (nSPS) is 21.3. The van der Waals surface area contributed by atoms with Crippen LogP contribution in [0.25, 0.3) is 11.1 Å². The van der Waals surface area contributed by atoms with Crippen molar-refractivity contribution < 1.29 is 14.2 Å². The molecule has 2 aromatic carbocycles. The Balaban J connectivity index is 1.67. The Kier molecular flexibility index (Phi) is 6.77. The fraction of sp³-hybridized carbons (Fsp3) is 0.586. The summed E-state index contributed by atoms with van der Waals surface area (Å²) < 4.78 is 20.4. The van der Waals surface area contributed by atoms with Gasteiger partial charge in [-0.3, -0.25) is 4.90 Å². The van der Waals surface area contributed by atoms with Gasteiger partial charge in [0.1, 0.15) is 5.75 Å². The molecule has 0 unspecified atom stereocenters. The molecule has 2 aliphatic rings. The number of ether oxygens (including phenoxy) is 1. The minimum Gasteiger partial charge on any atom is -0.505 e. The lowest BCUT2D eigenvalue weighted by molar-refractivity contribution is 0.116. The van der Waals surface area contributed by atoms with Crippen molar-refractivity contribution in [2.45, 2.75) is 78.7 Å². The van der Waals surface area contributed by atoms with Gasteiger partial charge in [-0.2, -0.15) is 0 Å². The summed E-state index contributed by atoms with van der Waals surface area (Å²) in [5.74, 6) is 0.761. The number of benzene rings is 2. The van der Waals surface area contributed by atoms with Gasteiger partial charge in [0.2, 0.25) is 0 Å². The maximum atomic E-state index is 14.7. The Morgan fingerprint density at radius 2 is 1.88 bits per heavy atom. The van der Waals surface area contributed by atoms with Gasteiger partial charge in [0.05, 0.1) is 7.11 Å². The highest BCUT2D eigenvalue weighted by Crippen LogP contribution is 2.45. The van der Waals surface area contributed by atoms with E-state index in [9.17, 15) is 9.50 Å². The van der Waals surface area contributed by atoms with Crippen LogP contribution in [0.3, 0.4) is 0 Å². The lowest BCUT2D eigenvalue weighted by atomic mass is 9.73. The Morgan fingerprint density at radius 1 is 1.18 bits per heavy atom. The molecule has 4 rings (SSSR count). The zero-order valence-corrected chi connectivity index (χ0v) is 21.2. The highest BCUT2D eigenvalue weighted by atomic mass is 19.1. The lowest BCUT2D eigenvalue weighted by Crippen LogP contribution is -2.39. The van der Waals surface area contributed by atoms with E-state index in [1.165, 1.54) is 42.9 Å². The highest BCUT2D eigenvalue weighted by molar-refractivity contribution is 5.77. The summed E-state index contributed by atoms with van der Waals surface area (Å²) in [6.07, 6.45) is 6.21. The molecule has 33 heavy (non-hydrogen) atoms. The molecule has 180 valence electrons. The molecule has 0 spiro atoms. The molecule has 0 bridgehead atoms. The van der Waals surface area contributed by atoms with Gasteiger partial charge in [-0.25, -0.2) is 4.39 Å². The van der Waals surface area contributed by atoms with E-state index in [1.54, 1.807) is 7.11 Å². The molecular formula is C29H40FNO2. The van der Waals surface area contributed by atoms with Crippen LogP contribution in [0.2, 0.25) is 0 Å². The third kappa shape index (κ3) is 4.77. The van der Waals surface area contributed by atoms with Gasteiger partial charge in [0.25, 0.3) is 0 Å². The second kappa shape index (κ2) is 9.29. The summed E-state index contributed by atoms with van der Waals surface area (Å²) in [5, 5.41) is 10.3. The minimum atomic E-state index is -0.568. The molecule has 1 aliphatic heterocycles. The first-order chi connectivity index (χ1) is 15.6. The number of aromatic hydroxyl groups is 1. The standard InChI is InChI=1S/C29H40FNO2/c1-18(2)24-15-21(16-25(30)28(24)32)27-23-11-14-31(17-20-9-12-29(4,5)13-10-20)19(3)22(23)7-8-26(27)33-6/h7-8,15-16,18-20,32H,9-14,17H2,1-6H3/t19-/m1/s1. The summed E-state index contributed by atoms with van der Waals surface area (Å²) >= 11 is 0. The predicted octanol–water partition coefficient (Wildman–Crippen LogP) is 7.47. The monoisotopic (exact) mass is 453 g/mol. The van der Waals surface area contributed by atoms with E-state index < -0.39 is 5.82 Å². The molecule has 1 fully saturated rings. The van der Waals surface area contributed by atoms with Gasteiger partial charge in [0.15, 0.2) is 11.6 Å². The number of hydrogen-bond donors (Lipinski definition) is 1. The van der Waals surface area contributed by atoms with E-state index in [4.69, 9.17) is 4.74 Å². The lowest BCUT2D eigenvalue weighted by Gasteiger charge is -2.41. The number of nitrogens with zero attached hydrogens (tertiary/aromatic N) is 1. The van der Waals surface area contributed by atoms with Crippen LogP contribution in [-0.2, 0) is 6.42 Å². The van der Waals surface area contributed by atoms with Gasteiger partial charge in [0, 0.05) is 30.3 Å². The summed E-state index contributed by atoms with van der Waals surface area (Å²) in [4.78, 5) is 2.64. The van der Waals surface area contributed by atoms with Crippen LogP contribution in [0.5, 0.6) is 11.5 Å². The fourth-order valence-electron chi connectivity index (χ4n) is 5.86. The molecule has 1 atom stereocenters. The van der Waals surface area contributed by atoms with E-state index in [1.807, 2.05) is 26.0 Å². The van der Waals surface area contributed by atoms with E-state index in [0.717, 1.165) is 42.3 Å². The van der Waals surface area contributed by atoms with Crippen LogP contribution in [-0.4, -0.2) is 30.2 Å². The predicted molar refractivity (Wildman–Crippen MR) is 134 cm³/mol. The average Bonchev–Trinajstić information content (AvgIpc) is 2.77.